The van der Waals surface area contributed by atoms with E-state index in [2.05, 4.69) is 5.32 Å². The van der Waals surface area contributed by atoms with Crippen molar-refractivity contribution in [2.75, 3.05) is 13.1 Å². The van der Waals surface area contributed by atoms with E-state index < -0.39 is 0 Å². The predicted octanol–water partition coefficient (Wildman–Crippen LogP) is 2.60. The maximum atomic E-state index is 11.6. The zero-order valence-corrected chi connectivity index (χ0v) is 12.7. The number of nitrogens with one attached hydrogen (secondary N) is 1. The lowest BCUT2D eigenvalue weighted by Crippen LogP contribution is -2.37. The molecule has 0 heterocycles. The van der Waals surface area contributed by atoms with E-state index in [-0.39, 0.29) is 11.8 Å². The van der Waals surface area contributed by atoms with Crippen LogP contribution in [0.2, 0.25) is 5.02 Å². The van der Waals surface area contributed by atoms with Crippen molar-refractivity contribution in [1.29, 1.82) is 0 Å². The Kier molecular flexibility index (Phi) is 7.09. The topological polar surface area (TPSA) is 49.4 Å². The standard InChI is InChI=1S/C15H21ClN2O2/c1-3-4-15(20)17-9-10-18(12(2)19)11-13-5-7-14(16)8-6-13/h5-8H,3-4,9-11H2,1-2H3,(H,17,20). The molecule has 0 spiro atoms. The van der Waals surface area contributed by atoms with Crippen molar-refractivity contribution in [2.24, 2.45) is 0 Å². The van der Waals surface area contributed by atoms with Gasteiger partial charge in [0.15, 0.2) is 0 Å². The van der Waals surface area contributed by atoms with E-state index in [0.717, 1.165) is 12.0 Å². The second kappa shape index (κ2) is 8.59. The lowest BCUT2D eigenvalue weighted by atomic mass is 10.2. The molecular weight excluding hydrogens is 276 g/mol. The Morgan fingerprint density at radius 2 is 1.90 bits per heavy atom. The summed E-state index contributed by atoms with van der Waals surface area (Å²) in [6.45, 7) is 5.00. The molecule has 5 heteroatoms. The van der Waals surface area contributed by atoms with Gasteiger partial charge in [0, 0.05) is 38.0 Å². The Balaban J connectivity index is 2.46. The van der Waals surface area contributed by atoms with Crippen LogP contribution in [0, 0.1) is 0 Å². The van der Waals surface area contributed by atoms with Crippen LogP contribution in [0.25, 0.3) is 0 Å². The highest BCUT2D eigenvalue weighted by Crippen LogP contribution is 2.11. The number of amides is 2. The molecule has 0 bridgehead atoms. The molecule has 1 aromatic carbocycles. The van der Waals surface area contributed by atoms with Crippen molar-refractivity contribution in [3.8, 4) is 0 Å². The fraction of sp³-hybridized carbons (Fsp3) is 0.467. The van der Waals surface area contributed by atoms with Gasteiger partial charge in [0.1, 0.15) is 0 Å². The molecule has 4 nitrogen and oxygen atoms in total. The second-order valence-corrected chi connectivity index (χ2v) is 5.10. The van der Waals surface area contributed by atoms with Crippen LogP contribution in [0.3, 0.4) is 0 Å². The lowest BCUT2D eigenvalue weighted by molar-refractivity contribution is -0.130. The van der Waals surface area contributed by atoms with Crippen LogP contribution < -0.4 is 5.32 Å². The third kappa shape index (κ3) is 6.06. The number of hydrogen-bond acceptors (Lipinski definition) is 2. The van der Waals surface area contributed by atoms with Gasteiger partial charge < -0.3 is 10.2 Å². The first-order valence-electron chi connectivity index (χ1n) is 6.79. The Bertz CT molecular complexity index is 446. The Morgan fingerprint density at radius 3 is 2.45 bits per heavy atom. The molecule has 0 aliphatic rings. The Morgan fingerprint density at radius 1 is 1.25 bits per heavy atom. The van der Waals surface area contributed by atoms with Gasteiger partial charge in [-0.25, -0.2) is 0 Å². The van der Waals surface area contributed by atoms with Gasteiger partial charge in [0.2, 0.25) is 11.8 Å². The van der Waals surface area contributed by atoms with Gasteiger partial charge in [0.05, 0.1) is 0 Å². The largest absolute Gasteiger partial charge is 0.354 e. The summed E-state index contributed by atoms with van der Waals surface area (Å²) in [7, 11) is 0. The summed E-state index contributed by atoms with van der Waals surface area (Å²) in [5.74, 6) is 0.0205. The predicted molar refractivity (Wildman–Crippen MR) is 80.5 cm³/mol. The molecule has 0 fully saturated rings. The maximum absolute atomic E-state index is 11.6. The van der Waals surface area contributed by atoms with E-state index in [0.29, 0.717) is 31.1 Å². The molecule has 0 aliphatic heterocycles. The molecule has 0 aliphatic carbocycles. The third-order valence-corrected chi connectivity index (χ3v) is 3.16. The first-order valence-corrected chi connectivity index (χ1v) is 7.17. The highest BCUT2D eigenvalue weighted by molar-refractivity contribution is 6.30. The first-order chi connectivity index (χ1) is 9.52. The quantitative estimate of drug-likeness (QED) is 0.841. The van der Waals surface area contributed by atoms with Gasteiger partial charge in [0.25, 0.3) is 0 Å². The van der Waals surface area contributed by atoms with E-state index in [1.54, 1.807) is 17.0 Å². The smallest absolute Gasteiger partial charge is 0.220 e. The molecule has 0 atom stereocenters. The van der Waals surface area contributed by atoms with Crippen LogP contribution >= 0.6 is 11.6 Å². The van der Waals surface area contributed by atoms with Crippen LogP contribution in [-0.4, -0.2) is 29.8 Å². The van der Waals surface area contributed by atoms with Crippen LogP contribution in [0.4, 0.5) is 0 Å². The highest BCUT2D eigenvalue weighted by atomic mass is 35.5. The summed E-state index contributed by atoms with van der Waals surface area (Å²) in [6, 6.07) is 7.40. The molecule has 1 aromatic rings. The number of rotatable bonds is 7. The molecule has 2 amide bonds. The van der Waals surface area contributed by atoms with E-state index in [9.17, 15) is 9.59 Å². The SMILES string of the molecule is CCCC(=O)NCCN(Cc1ccc(Cl)cc1)C(C)=O. The number of nitrogens with zero attached hydrogens (tertiary/aromatic N) is 1. The first kappa shape index (κ1) is 16.5. The van der Waals surface area contributed by atoms with Gasteiger partial charge in [-0.1, -0.05) is 30.7 Å². The highest BCUT2D eigenvalue weighted by Gasteiger charge is 2.09. The fourth-order valence-electron chi connectivity index (χ4n) is 1.80. The number of benzene rings is 1. The van der Waals surface area contributed by atoms with E-state index >= 15 is 0 Å². The summed E-state index contributed by atoms with van der Waals surface area (Å²) in [5.41, 5.74) is 1.02. The minimum atomic E-state index is -0.00955. The number of halogens is 1. The summed E-state index contributed by atoms with van der Waals surface area (Å²) in [5, 5.41) is 3.49. The van der Waals surface area contributed by atoms with Gasteiger partial charge in [-0.2, -0.15) is 0 Å². The van der Waals surface area contributed by atoms with Crippen molar-refractivity contribution >= 4 is 23.4 Å². The number of hydrogen-bond donors (Lipinski definition) is 1. The summed E-state index contributed by atoms with van der Waals surface area (Å²) in [4.78, 5) is 24.7. The average Bonchev–Trinajstić information content (AvgIpc) is 2.40. The maximum Gasteiger partial charge on any atom is 0.220 e. The normalized spacial score (nSPS) is 10.2. The van der Waals surface area contributed by atoms with Crippen LogP contribution in [-0.2, 0) is 16.1 Å². The van der Waals surface area contributed by atoms with E-state index in [1.165, 1.54) is 6.92 Å². The molecule has 20 heavy (non-hydrogen) atoms. The van der Waals surface area contributed by atoms with Crippen molar-refractivity contribution in [2.45, 2.75) is 33.2 Å². The van der Waals surface area contributed by atoms with Crippen molar-refractivity contribution < 1.29 is 9.59 Å². The minimum Gasteiger partial charge on any atom is -0.354 e. The molecule has 0 unspecified atom stereocenters. The molecule has 1 N–H and O–H groups in total. The monoisotopic (exact) mass is 296 g/mol. The molecular formula is C15H21ClN2O2. The van der Waals surface area contributed by atoms with Gasteiger partial charge in [-0.3, -0.25) is 9.59 Å². The third-order valence-electron chi connectivity index (χ3n) is 2.91. The fourth-order valence-corrected chi connectivity index (χ4v) is 1.93. The number of carbonyl (C=O) groups is 2. The zero-order valence-electron chi connectivity index (χ0n) is 12.0. The summed E-state index contributed by atoms with van der Waals surface area (Å²) >= 11 is 5.83. The molecule has 110 valence electrons. The minimum absolute atomic E-state index is 0.00955. The summed E-state index contributed by atoms with van der Waals surface area (Å²) < 4.78 is 0. The molecule has 0 aromatic heterocycles. The molecule has 0 radical (unpaired) electrons. The van der Waals surface area contributed by atoms with E-state index in [4.69, 9.17) is 11.6 Å². The second-order valence-electron chi connectivity index (χ2n) is 4.67. The van der Waals surface area contributed by atoms with Crippen molar-refractivity contribution in [3.05, 3.63) is 34.9 Å². The Labute approximate surface area is 125 Å². The number of carbonyl (C=O) groups excluding carboxylic acids is 2. The van der Waals surface area contributed by atoms with Crippen LogP contribution in [0.1, 0.15) is 32.3 Å². The molecule has 0 saturated carbocycles. The molecule has 1 rings (SSSR count). The van der Waals surface area contributed by atoms with Crippen molar-refractivity contribution in [3.63, 3.8) is 0 Å². The van der Waals surface area contributed by atoms with Gasteiger partial charge in [-0.05, 0) is 24.1 Å². The lowest BCUT2D eigenvalue weighted by Gasteiger charge is -2.21. The Hall–Kier alpha value is -1.55. The van der Waals surface area contributed by atoms with Gasteiger partial charge in [-0.15, -0.1) is 0 Å². The molecule has 0 saturated heterocycles. The van der Waals surface area contributed by atoms with E-state index in [1.807, 2.05) is 19.1 Å². The van der Waals surface area contributed by atoms with Crippen LogP contribution in [0.15, 0.2) is 24.3 Å². The summed E-state index contributed by atoms with van der Waals surface area (Å²) in [6.07, 6.45) is 1.35. The van der Waals surface area contributed by atoms with Gasteiger partial charge >= 0.3 is 0 Å². The zero-order chi connectivity index (χ0) is 15.0. The van der Waals surface area contributed by atoms with Crippen molar-refractivity contribution in [1.82, 2.24) is 10.2 Å². The average molecular weight is 297 g/mol. The van der Waals surface area contributed by atoms with Crippen LogP contribution in [0.5, 0.6) is 0 Å².